The van der Waals surface area contributed by atoms with Crippen molar-refractivity contribution in [3.05, 3.63) is 30.1 Å². The topological polar surface area (TPSA) is 45.2 Å². The molecule has 1 aromatic rings. The summed E-state index contributed by atoms with van der Waals surface area (Å²) in [5.41, 5.74) is 0.519. The summed E-state index contributed by atoms with van der Waals surface area (Å²) in [4.78, 5) is 18.8. The fourth-order valence-electron chi connectivity index (χ4n) is 3.57. The van der Waals surface area contributed by atoms with E-state index in [2.05, 4.69) is 15.2 Å². The first kappa shape index (κ1) is 14.5. The van der Waals surface area contributed by atoms with E-state index in [1.54, 1.807) is 12.3 Å². The largest absolute Gasteiger partial charge is 0.348 e. The molecule has 1 N–H and O–H groups in total. The van der Waals surface area contributed by atoms with Crippen molar-refractivity contribution in [2.75, 3.05) is 19.6 Å². The average molecular weight is 287 g/mol. The van der Waals surface area contributed by atoms with Gasteiger partial charge in [0.15, 0.2) is 0 Å². The van der Waals surface area contributed by atoms with Crippen molar-refractivity contribution in [2.45, 2.75) is 44.6 Å². The second-order valence-corrected chi connectivity index (χ2v) is 6.41. The molecule has 0 aromatic carbocycles. The van der Waals surface area contributed by atoms with Crippen molar-refractivity contribution in [2.24, 2.45) is 5.92 Å². The zero-order valence-electron chi connectivity index (χ0n) is 12.6. The van der Waals surface area contributed by atoms with Crippen LogP contribution in [-0.4, -0.2) is 41.5 Å². The number of hydrogen-bond acceptors (Lipinski definition) is 3. The highest BCUT2D eigenvalue weighted by atomic mass is 16.1. The van der Waals surface area contributed by atoms with Crippen molar-refractivity contribution in [3.63, 3.8) is 0 Å². The molecule has 0 bridgehead atoms. The molecule has 1 aromatic heterocycles. The van der Waals surface area contributed by atoms with Gasteiger partial charge >= 0.3 is 0 Å². The van der Waals surface area contributed by atoms with Crippen molar-refractivity contribution in [1.82, 2.24) is 15.2 Å². The Balaban J connectivity index is 1.42. The van der Waals surface area contributed by atoms with Crippen LogP contribution in [-0.2, 0) is 0 Å². The molecule has 2 fully saturated rings. The van der Waals surface area contributed by atoms with Crippen molar-refractivity contribution in [1.29, 1.82) is 0 Å². The number of nitrogens with zero attached hydrogens (tertiary/aromatic N) is 2. The fraction of sp³-hybridized carbons (Fsp3) is 0.647. The summed E-state index contributed by atoms with van der Waals surface area (Å²) in [6, 6.07) is 5.76. The Morgan fingerprint density at radius 1 is 1.19 bits per heavy atom. The minimum atomic E-state index is -0.0372. The molecule has 1 aliphatic heterocycles. The standard InChI is InChI=1S/C17H25N3O/c21-17(16-7-3-4-10-18-16)19-15-8-11-20(12-9-15)13-14-5-1-2-6-14/h3-4,7,10,14-15H,1-2,5-6,8-9,11-13H2,(H,19,21). The number of rotatable bonds is 4. The summed E-state index contributed by atoms with van der Waals surface area (Å²) in [5.74, 6) is 0.884. The average Bonchev–Trinajstić information content (AvgIpc) is 3.03. The number of likely N-dealkylation sites (tertiary alicyclic amines) is 1. The first-order valence-corrected chi connectivity index (χ1v) is 8.25. The molecule has 1 amide bonds. The molecule has 2 aliphatic rings. The van der Waals surface area contributed by atoms with Gasteiger partial charge in [0.25, 0.3) is 5.91 Å². The lowest BCUT2D eigenvalue weighted by atomic mass is 10.0. The predicted octanol–water partition coefficient (Wildman–Crippen LogP) is 2.47. The van der Waals surface area contributed by atoms with E-state index in [4.69, 9.17) is 0 Å². The van der Waals surface area contributed by atoms with Gasteiger partial charge in [0.1, 0.15) is 5.69 Å². The van der Waals surface area contributed by atoms with Crippen LogP contribution in [0.5, 0.6) is 0 Å². The molecule has 21 heavy (non-hydrogen) atoms. The lowest BCUT2D eigenvalue weighted by Gasteiger charge is -2.33. The van der Waals surface area contributed by atoms with E-state index >= 15 is 0 Å². The quantitative estimate of drug-likeness (QED) is 0.925. The van der Waals surface area contributed by atoms with E-state index in [-0.39, 0.29) is 5.91 Å². The lowest BCUT2D eigenvalue weighted by Crippen LogP contribution is -2.45. The van der Waals surface area contributed by atoms with E-state index in [0.29, 0.717) is 11.7 Å². The number of nitrogens with one attached hydrogen (secondary N) is 1. The highest BCUT2D eigenvalue weighted by Gasteiger charge is 2.24. The second kappa shape index (κ2) is 7.03. The maximum absolute atomic E-state index is 12.1. The van der Waals surface area contributed by atoms with Gasteiger partial charge in [-0.05, 0) is 43.7 Å². The summed E-state index contributed by atoms with van der Waals surface area (Å²) in [7, 11) is 0. The third-order valence-electron chi connectivity index (χ3n) is 4.81. The van der Waals surface area contributed by atoms with Gasteiger partial charge in [-0.25, -0.2) is 0 Å². The highest BCUT2D eigenvalue weighted by molar-refractivity contribution is 5.92. The van der Waals surface area contributed by atoms with Gasteiger partial charge in [0, 0.05) is 31.9 Å². The molecule has 2 heterocycles. The normalized spacial score (nSPS) is 21.5. The third-order valence-corrected chi connectivity index (χ3v) is 4.81. The number of pyridine rings is 1. The molecule has 0 spiro atoms. The molecular weight excluding hydrogens is 262 g/mol. The minimum Gasteiger partial charge on any atom is -0.348 e. The van der Waals surface area contributed by atoms with E-state index in [0.717, 1.165) is 31.8 Å². The van der Waals surface area contributed by atoms with Crippen LogP contribution in [0.25, 0.3) is 0 Å². The Morgan fingerprint density at radius 3 is 2.62 bits per heavy atom. The number of amides is 1. The van der Waals surface area contributed by atoms with Crippen molar-refractivity contribution in [3.8, 4) is 0 Å². The molecular formula is C17H25N3O. The van der Waals surface area contributed by atoms with Gasteiger partial charge in [-0.1, -0.05) is 18.9 Å². The first-order valence-electron chi connectivity index (χ1n) is 8.25. The summed E-state index contributed by atoms with van der Waals surface area (Å²) in [6.07, 6.45) is 9.45. The Morgan fingerprint density at radius 2 is 1.95 bits per heavy atom. The number of piperidine rings is 1. The van der Waals surface area contributed by atoms with Crippen LogP contribution in [0.3, 0.4) is 0 Å². The van der Waals surface area contributed by atoms with Crippen molar-refractivity contribution < 1.29 is 4.79 Å². The van der Waals surface area contributed by atoms with E-state index < -0.39 is 0 Å². The molecule has 4 nitrogen and oxygen atoms in total. The SMILES string of the molecule is O=C(NC1CCN(CC2CCCC2)CC1)c1ccccn1. The number of aromatic nitrogens is 1. The van der Waals surface area contributed by atoms with Crippen LogP contribution in [0, 0.1) is 5.92 Å². The monoisotopic (exact) mass is 287 g/mol. The van der Waals surface area contributed by atoms with Gasteiger partial charge in [0.05, 0.1) is 0 Å². The molecule has 3 rings (SSSR count). The van der Waals surface area contributed by atoms with Crippen LogP contribution in [0.4, 0.5) is 0 Å². The van der Waals surface area contributed by atoms with Gasteiger partial charge in [-0.3, -0.25) is 9.78 Å². The van der Waals surface area contributed by atoms with Crippen LogP contribution >= 0.6 is 0 Å². The van der Waals surface area contributed by atoms with Crippen LogP contribution in [0.15, 0.2) is 24.4 Å². The maximum Gasteiger partial charge on any atom is 0.270 e. The molecule has 0 atom stereocenters. The fourth-order valence-corrected chi connectivity index (χ4v) is 3.57. The maximum atomic E-state index is 12.1. The molecule has 0 radical (unpaired) electrons. The van der Waals surface area contributed by atoms with Crippen LogP contribution in [0.1, 0.15) is 49.0 Å². The minimum absolute atomic E-state index is 0.0372. The van der Waals surface area contributed by atoms with Crippen molar-refractivity contribution >= 4 is 5.91 Å². The van der Waals surface area contributed by atoms with Gasteiger partial charge < -0.3 is 10.2 Å². The smallest absolute Gasteiger partial charge is 0.270 e. The molecule has 0 unspecified atom stereocenters. The number of carbonyl (C=O) groups excluding carboxylic acids is 1. The Bertz CT molecular complexity index is 448. The zero-order chi connectivity index (χ0) is 14.5. The summed E-state index contributed by atoms with van der Waals surface area (Å²) in [5, 5.41) is 3.12. The molecule has 4 heteroatoms. The third kappa shape index (κ3) is 4.03. The van der Waals surface area contributed by atoms with Gasteiger partial charge in [-0.2, -0.15) is 0 Å². The summed E-state index contributed by atoms with van der Waals surface area (Å²) >= 11 is 0. The van der Waals surface area contributed by atoms with Gasteiger partial charge in [-0.15, -0.1) is 0 Å². The summed E-state index contributed by atoms with van der Waals surface area (Å²) in [6.45, 7) is 3.49. The number of hydrogen-bond donors (Lipinski definition) is 1. The first-order chi connectivity index (χ1) is 10.3. The number of carbonyl (C=O) groups is 1. The zero-order valence-corrected chi connectivity index (χ0v) is 12.6. The predicted molar refractivity (Wildman–Crippen MR) is 83.1 cm³/mol. The Kier molecular flexibility index (Phi) is 4.86. The van der Waals surface area contributed by atoms with E-state index in [9.17, 15) is 4.79 Å². The lowest BCUT2D eigenvalue weighted by molar-refractivity contribution is 0.0900. The molecule has 1 saturated heterocycles. The van der Waals surface area contributed by atoms with E-state index in [1.165, 1.54) is 32.2 Å². The molecule has 1 saturated carbocycles. The second-order valence-electron chi connectivity index (χ2n) is 6.41. The Hall–Kier alpha value is -1.42. The highest BCUT2D eigenvalue weighted by Crippen LogP contribution is 2.26. The summed E-state index contributed by atoms with van der Waals surface area (Å²) < 4.78 is 0. The van der Waals surface area contributed by atoms with Crippen LogP contribution < -0.4 is 5.32 Å². The van der Waals surface area contributed by atoms with Crippen LogP contribution in [0.2, 0.25) is 0 Å². The molecule has 114 valence electrons. The van der Waals surface area contributed by atoms with E-state index in [1.807, 2.05) is 12.1 Å². The van der Waals surface area contributed by atoms with Gasteiger partial charge in [0.2, 0.25) is 0 Å². The Labute approximate surface area is 126 Å². The molecule has 1 aliphatic carbocycles.